The summed E-state index contributed by atoms with van der Waals surface area (Å²) in [7, 11) is 1.73. The molecule has 146 valence electrons. The number of alkyl halides is 3. The summed E-state index contributed by atoms with van der Waals surface area (Å²) < 4.78 is 45.4. The monoisotopic (exact) mass is 390 g/mol. The molecule has 0 unspecified atom stereocenters. The Balaban J connectivity index is 1.96. The second-order valence-corrected chi connectivity index (χ2v) is 5.90. The summed E-state index contributed by atoms with van der Waals surface area (Å²) >= 11 is 0. The Hall–Kier alpha value is -3.36. The van der Waals surface area contributed by atoms with Gasteiger partial charge in [0.1, 0.15) is 22.8 Å². The molecule has 1 aromatic carbocycles. The van der Waals surface area contributed by atoms with Gasteiger partial charge in [-0.25, -0.2) is 4.98 Å². The summed E-state index contributed by atoms with van der Waals surface area (Å²) in [6.45, 7) is 2.24. The topological polar surface area (TPSA) is 69.0 Å². The van der Waals surface area contributed by atoms with Crippen molar-refractivity contribution in [3.63, 3.8) is 0 Å². The molecule has 0 aliphatic heterocycles. The number of rotatable bonds is 5. The summed E-state index contributed by atoms with van der Waals surface area (Å²) in [6, 6.07) is 9.05. The van der Waals surface area contributed by atoms with Crippen LogP contribution in [0.3, 0.4) is 0 Å². The van der Waals surface area contributed by atoms with E-state index in [9.17, 15) is 18.0 Å². The van der Waals surface area contributed by atoms with Crippen molar-refractivity contribution in [2.45, 2.75) is 13.1 Å². The number of amides is 1. The lowest BCUT2D eigenvalue weighted by Gasteiger charge is -2.12. The molecule has 0 atom stereocenters. The molecule has 0 bridgehead atoms. The van der Waals surface area contributed by atoms with Crippen LogP contribution in [0.15, 0.2) is 48.7 Å². The highest BCUT2D eigenvalue weighted by Gasteiger charge is 2.30. The number of aromatic nitrogens is 3. The SMILES string of the molecule is CCNC(=O)c1ccc(Oc2ccc(C(F)(F)F)cc2)c(-c2ccn(C)n2)n1. The predicted molar refractivity (Wildman–Crippen MR) is 96.0 cm³/mol. The normalized spacial score (nSPS) is 11.3. The zero-order valence-electron chi connectivity index (χ0n) is 15.1. The van der Waals surface area contributed by atoms with E-state index in [-0.39, 0.29) is 23.1 Å². The van der Waals surface area contributed by atoms with E-state index in [0.717, 1.165) is 12.1 Å². The number of halogens is 3. The van der Waals surface area contributed by atoms with E-state index in [4.69, 9.17) is 4.74 Å². The van der Waals surface area contributed by atoms with Crippen molar-refractivity contribution in [3.05, 3.63) is 59.9 Å². The predicted octanol–water partition coefficient (Wildman–Crippen LogP) is 4.04. The van der Waals surface area contributed by atoms with Crippen LogP contribution < -0.4 is 10.1 Å². The van der Waals surface area contributed by atoms with Crippen molar-refractivity contribution in [3.8, 4) is 22.9 Å². The maximum atomic E-state index is 12.7. The van der Waals surface area contributed by atoms with E-state index in [1.54, 1.807) is 37.0 Å². The summed E-state index contributed by atoms with van der Waals surface area (Å²) in [6.07, 6.45) is -2.72. The Morgan fingerprint density at radius 1 is 1.14 bits per heavy atom. The number of pyridine rings is 1. The largest absolute Gasteiger partial charge is 0.455 e. The molecule has 1 amide bonds. The van der Waals surface area contributed by atoms with E-state index < -0.39 is 11.7 Å². The Morgan fingerprint density at radius 2 is 1.86 bits per heavy atom. The molecular formula is C19H17F3N4O2. The van der Waals surface area contributed by atoms with E-state index in [1.165, 1.54) is 18.2 Å². The first-order valence-corrected chi connectivity index (χ1v) is 8.42. The molecule has 0 saturated heterocycles. The fourth-order valence-corrected chi connectivity index (χ4v) is 2.47. The number of hydrogen-bond acceptors (Lipinski definition) is 4. The lowest BCUT2D eigenvalue weighted by molar-refractivity contribution is -0.137. The van der Waals surface area contributed by atoms with Crippen molar-refractivity contribution in [1.29, 1.82) is 0 Å². The molecular weight excluding hydrogens is 373 g/mol. The zero-order valence-corrected chi connectivity index (χ0v) is 15.1. The third-order valence-electron chi connectivity index (χ3n) is 3.79. The van der Waals surface area contributed by atoms with Crippen LogP contribution in [0.4, 0.5) is 13.2 Å². The minimum atomic E-state index is -4.42. The van der Waals surface area contributed by atoms with Gasteiger partial charge in [0.2, 0.25) is 0 Å². The Morgan fingerprint density at radius 3 is 2.43 bits per heavy atom. The summed E-state index contributed by atoms with van der Waals surface area (Å²) in [5.74, 6) is 0.130. The molecule has 2 aromatic heterocycles. The van der Waals surface area contributed by atoms with Crippen molar-refractivity contribution in [2.75, 3.05) is 6.54 Å². The molecule has 9 heteroatoms. The van der Waals surface area contributed by atoms with Crippen LogP contribution in [-0.2, 0) is 13.2 Å². The smallest absolute Gasteiger partial charge is 0.416 e. The van der Waals surface area contributed by atoms with Crippen LogP contribution in [0.1, 0.15) is 23.0 Å². The van der Waals surface area contributed by atoms with Gasteiger partial charge >= 0.3 is 6.18 Å². The van der Waals surface area contributed by atoms with Gasteiger partial charge in [0, 0.05) is 19.8 Å². The second kappa shape index (κ2) is 7.71. The maximum Gasteiger partial charge on any atom is 0.416 e. The highest BCUT2D eigenvalue weighted by Crippen LogP contribution is 2.34. The van der Waals surface area contributed by atoms with E-state index in [2.05, 4.69) is 15.4 Å². The van der Waals surface area contributed by atoms with Gasteiger partial charge in [-0.05, 0) is 49.4 Å². The van der Waals surface area contributed by atoms with Crippen molar-refractivity contribution >= 4 is 5.91 Å². The highest BCUT2D eigenvalue weighted by molar-refractivity contribution is 5.93. The fourth-order valence-electron chi connectivity index (χ4n) is 2.47. The molecule has 0 aliphatic carbocycles. The average Bonchev–Trinajstić information content (AvgIpc) is 3.08. The van der Waals surface area contributed by atoms with Crippen LogP contribution in [0.25, 0.3) is 11.4 Å². The maximum absolute atomic E-state index is 12.7. The minimum absolute atomic E-state index is 0.183. The number of ether oxygens (including phenoxy) is 1. The highest BCUT2D eigenvalue weighted by atomic mass is 19.4. The van der Waals surface area contributed by atoms with Gasteiger partial charge in [-0.15, -0.1) is 0 Å². The van der Waals surface area contributed by atoms with Gasteiger partial charge in [-0.1, -0.05) is 0 Å². The third kappa shape index (κ3) is 4.30. The average molecular weight is 390 g/mol. The number of hydrogen-bond donors (Lipinski definition) is 1. The van der Waals surface area contributed by atoms with E-state index >= 15 is 0 Å². The standard InChI is InChI=1S/C19H17F3N4O2/c1-3-23-18(27)15-8-9-16(17(24-15)14-10-11-26(2)25-14)28-13-6-4-12(5-7-13)19(20,21)22/h4-11H,3H2,1-2H3,(H,23,27). The molecule has 3 rings (SSSR count). The molecule has 0 aliphatic rings. The van der Waals surface area contributed by atoms with Crippen LogP contribution in [0.5, 0.6) is 11.5 Å². The van der Waals surface area contributed by atoms with Gasteiger partial charge in [0.05, 0.1) is 5.56 Å². The number of carbonyl (C=O) groups is 1. The molecule has 28 heavy (non-hydrogen) atoms. The van der Waals surface area contributed by atoms with Crippen LogP contribution in [0, 0.1) is 0 Å². The number of benzene rings is 1. The molecule has 3 aromatic rings. The first-order chi connectivity index (χ1) is 13.3. The number of nitrogens with zero attached hydrogens (tertiary/aromatic N) is 3. The lowest BCUT2D eigenvalue weighted by atomic mass is 10.2. The van der Waals surface area contributed by atoms with Gasteiger partial charge < -0.3 is 10.1 Å². The van der Waals surface area contributed by atoms with Gasteiger partial charge in [-0.3, -0.25) is 9.48 Å². The zero-order chi connectivity index (χ0) is 20.3. The summed E-state index contributed by atoms with van der Waals surface area (Å²) in [5.41, 5.74) is 0.191. The van der Waals surface area contributed by atoms with Crippen LogP contribution in [-0.4, -0.2) is 27.2 Å². The fraction of sp³-hybridized carbons (Fsp3) is 0.211. The van der Waals surface area contributed by atoms with Gasteiger partial charge in [0.15, 0.2) is 5.75 Å². The van der Waals surface area contributed by atoms with Crippen LogP contribution >= 0.6 is 0 Å². The molecule has 0 spiro atoms. The molecule has 0 fully saturated rings. The molecule has 1 N–H and O–H groups in total. The van der Waals surface area contributed by atoms with E-state index in [1.807, 2.05) is 0 Å². The Bertz CT molecular complexity index is 982. The molecule has 0 saturated carbocycles. The summed E-state index contributed by atoms with van der Waals surface area (Å²) in [4.78, 5) is 16.4. The van der Waals surface area contributed by atoms with Crippen molar-refractivity contribution in [1.82, 2.24) is 20.1 Å². The quantitative estimate of drug-likeness (QED) is 0.714. The molecule has 0 radical (unpaired) electrons. The number of aryl methyl sites for hydroxylation is 1. The number of carbonyl (C=O) groups excluding carboxylic acids is 1. The van der Waals surface area contributed by atoms with Gasteiger partial charge in [-0.2, -0.15) is 18.3 Å². The number of nitrogens with one attached hydrogen (secondary N) is 1. The Kier molecular flexibility index (Phi) is 5.34. The third-order valence-corrected chi connectivity index (χ3v) is 3.79. The van der Waals surface area contributed by atoms with Gasteiger partial charge in [0.25, 0.3) is 5.91 Å². The second-order valence-electron chi connectivity index (χ2n) is 5.90. The summed E-state index contributed by atoms with van der Waals surface area (Å²) in [5, 5.41) is 6.93. The minimum Gasteiger partial charge on any atom is -0.455 e. The lowest BCUT2D eigenvalue weighted by Crippen LogP contribution is -2.23. The first kappa shape index (κ1) is 19.4. The Labute approximate surface area is 159 Å². The van der Waals surface area contributed by atoms with Crippen molar-refractivity contribution < 1.29 is 22.7 Å². The molecule has 6 nitrogen and oxygen atoms in total. The van der Waals surface area contributed by atoms with Crippen LogP contribution in [0.2, 0.25) is 0 Å². The molecule has 2 heterocycles. The first-order valence-electron chi connectivity index (χ1n) is 8.42. The van der Waals surface area contributed by atoms with Crippen molar-refractivity contribution in [2.24, 2.45) is 7.05 Å². The van der Waals surface area contributed by atoms with E-state index in [0.29, 0.717) is 17.9 Å².